The molecule has 4 nitrogen and oxygen atoms in total. The molecule has 4 N–H and O–H groups in total. The zero-order chi connectivity index (χ0) is 14.5. The number of nitrogens with one attached hydrogen (secondary N) is 1. The number of nitrogens with two attached hydrogens (primary N) is 1. The molecule has 0 bridgehead atoms. The third-order valence-electron chi connectivity index (χ3n) is 3.15. The lowest BCUT2D eigenvalue weighted by Gasteiger charge is -2.11. The van der Waals surface area contributed by atoms with Gasteiger partial charge >= 0.3 is 0 Å². The van der Waals surface area contributed by atoms with Gasteiger partial charge < -0.3 is 16.2 Å². The molecule has 0 amide bonds. The van der Waals surface area contributed by atoms with E-state index >= 15 is 0 Å². The molecule has 0 fully saturated rings. The number of nitrogen functional groups attached to an aromatic ring is 1. The van der Waals surface area contributed by atoms with Gasteiger partial charge in [0.1, 0.15) is 0 Å². The SMILES string of the molecule is Cc1cc(Nc2ccc(CCO)cc2)c(N)cc1C#N. The van der Waals surface area contributed by atoms with E-state index in [1.54, 1.807) is 6.07 Å². The number of aliphatic hydroxyl groups excluding tert-OH is 1. The molecule has 0 heterocycles. The van der Waals surface area contributed by atoms with Crippen LogP contribution < -0.4 is 11.1 Å². The van der Waals surface area contributed by atoms with Crippen molar-refractivity contribution in [3.05, 3.63) is 53.1 Å². The van der Waals surface area contributed by atoms with Crippen LogP contribution in [0, 0.1) is 18.3 Å². The van der Waals surface area contributed by atoms with Crippen LogP contribution in [0.1, 0.15) is 16.7 Å². The van der Waals surface area contributed by atoms with Crippen molar-refractivity contribution in [2.45, 2.75) is 13.3 Å². The number of aliphatic hydroxyl groups is 1. The van der Waals surface area contributed by atoms with Crippen LogP contribution in [-0.4, -0.2) is 11.7 Å². The van der Waals surface area contributed by atoms with Crippen molar-refractivity contribution >= 4 is 17.1 Å². The normalized spacial score (nSPS) is 10.1. The van der Waals surface area contributed by atoms with Gasteiger partial charge in [-0.25, -0.2) is 0 Å². The minimum absolute atomic E-state index is 0.147. The molecule has 0 saturated heterocycles. The summed E-state index contributed by atoms with van der Waals surface area (Å²) < 4.78 is 0. The van der Waals surface area contributed by atoms with Gasteiger partial charge in [0.2, 0.25) is 0 Å². The molecule has 2 aromatic rings. The highest BCUT2D eigenvalue weighted by Gasteiger charge is 2.05. The molecular formula is C16H17N3O. The maximum Gasteiger partial charge on any atom is 0.0995 e. The van der Waals surface area contributed by atoms with E-state index in [-0.39, 0.29) is 6.61 Å². The van der Waals surface area contributed by atoms with Crippen LogP contribution >= 0.6 is 0 Å². The van der Waals surface area contributed by atoms with Crippen LogP contribution in [0.4, 0.5) is 17.1 Å². The second-order valence-electron chi connectivity index (χ2n) is 4.66. The second kappa shape index (κ2) is 6.09. The summed E-state index contributed by atoms with van der Waals surface area (Å²) in [7, 11) is 0. The Morgan fingerprint density at radius 1 is 1.25 bits per heavy atom. The molecule has 20 heavy (non-hydrogen) atoms. The predicted octanol–water partition coefficient (Wildman–Crippen LogP) is 2.73. The Bertz CT molecular complexity index is 642. The fraction of sp³-hybridized carbons (Fsp3) is 0.188. The maximum absolute atomic E-state index is 8.96. The third kappa shape index (κ3) is 3.08. The molecule has 2 aromatic carbocycles. The van der Waals surface area contributed by atoms with E-state index in [1.165, 1.54) is 0 Å². The number of aryl methyl sites for hydroxylation is 1. The maximum atomic E-state index is 8.96. The van der Waals surface area contributed by atoms with Gasteiger partial charge in [-0.05, 0) is 48.7 Å². The third-order valence-corrected chi connectivity index (χ3v) is 3.15. The second-order valence-corrected chi connectivity index (χ2v) is 4.66. The number of nitriles is 1. The summed E-state index contributed by atoms with van der Waals surface area (Å²) in [6.45, 7) is 2.03. The monoisotopic (exact) mass is 267 g/mol. The molecule has 0 aromatic heterocycles. The summed E-state index contributed by atoms with van der Waals surface area (Å²) in [5.74, 6) is 0. The number of benzene rings is 2. The molecule has 0 aliphatic rings. The lowest BCUT2D eigenvalue weighted by atomic mass is 10.1. The fourth-order valence-corrected chi connectivity index (χ4v) is 1.99. The van der Waals surface area contributed by atoms with Crippen molar-refractivity contribution in [1.29, 1.82) is 5.26 Å². The predicted molar refractivity (Wildman–Crippen MR) is 80.8 cm³/mol. The van der Waals surface area contributed by atoms with Gasteiger partial charge in [-0.1, -0.05) is 12.1 Å². The van der Waals surface area contributed by atoms with E-state index in [0.717, 1.165) is 22.5 Å². The van der Waals surface area contributed by atoms with Crippen molar-refractivity contribution in [3.63, 3.8) is 0 Å². The molecule has 0 unspecified atom stereocenters. The Morgan fingerprint density at radius 2 is 1.95 bits per heavy atom. The van der Waals surface area contributed by atoms with Crippen molar-refractivity contribution in [2.24, 2.45) is 0 Å². The molecule has 0 aliphatic heterocycles. The highest BCUT2D eigenvalue weighted by molar-refractivity contribution is 5.75. The first-order valence-electron chi connectivity index (χ1n) is 6.41. The first-order valence-corrected chi connectivity index (χ1v) is 6.41. The van der Waals surface area contributed by atoms with Crippen LogP contribution in [-0.2, 0) is 6.42 Å². The number of hydrogen-bond acceptors (Lipinski definition) is 4. The van der Waals surface area contributed by atoms with Crippen LogP contribution in [0.5, 0.6) is 0 Å². The molecule has 2 rings (SSSR count). The zero-order valence-electron chi connectivity index (χ0n) is 11.4. The Labute approximate surface area is 118 Å². The average Bonchev–Trinajstić information content (AvgIpc) is 2.45. The van der Waals surface area contributed by atoms with E-state index < -0.39 is 0 Å². The van der Waals surface area contributed by atoms with Crippen molar-refractivity contribution in [1.82, 2.24) is 0 Å². The largest absolute Gasteiger partial charge is 0.397 e. The van der Waals surface area contributed by atoms with Crippen LogP contribution in [0.25, 0.3) is 0 Å². The quantitative estimate of drug-likeness (QED) is 0.744. The van der Waals surface area contributed by atoms with E-state index in [0.29, 0.717) is 17.7 Å². The Balaban J connectivity index is 2.22. The van der Waals surface area contributed by atoms with Crippen LogP contribution in [0.2, 0.25) is 0 Å². The van der Waals surface area contributed by atoms with Gasteiger partial charge in [-0.2, -0.15) is 5.26 Å². The van der Waals surface area contributed by atoms with E-state index in [4.69, 9.17) is 16.1 Å². The summed E-state index contributed by atoms with van der Waals surface area (Å²) >= 11 is 0. The topological polar surface area (TPSA) is 82.1 Å². The van der Waals surface area contributed by atoms with Gasteiger partial charge in [-0.3, -0.25) is 0 Å². The number of hydrogen-bond donors (Lipinski definition) is 3. The minimum atomic E-state index is 0.147. The zero-order valence-corrected chi connectivity index (χ0v) is 11.4. The lowest BCUT2D eigenvalue weighted by molar-refractivity contribution is 0.299. The molecule has 0 aliphatic carbocycles. The van der Waals surface area contributed by atoms with Crippen molar-refractivity contribution in [3.8, 4) is 6.07 Å². The first kappa shape index (κ1) is 13.9. The summed E-state index contributed by atoms with van der Waals surface area (Å²) in [6.07, 6.45) is 0.651. The molecule has 102 valence electrons. The minimum Gasteiger partial charge on any atom is -0.397 e. The number of rotatable bonds is 4. The number of nitrogens with zero attached hydrogens (tertiary/aromatic N) is 1. The average molecular weight is 267 g/mol. The fourth-order valence-electron chi connectivity index (χ4n) is 1.99. The summed E-state index contributed by atoms with van der Waals surface area (Å²) in [5.41, 5.74) is 10.8. The van der Waals surface area contributed by atoms with E-state index in [9.17, 15) is 0 Å². The van der Waals surface area contributed by atoms with Gasteiger partial charge in [0.05, 0.1) is 23.0 Å². The Kier molecular flexibility index (Phi) is 4.24. The molecule has 0 radical (unpaired) electrons. The molecule has 0 atom stereocenters. The van der Waals surface area contributed by atoms with Gasteiger partial charge in [0.25, 0.3) is 0 Å². The van der Waals surface area contributed by atoms with E-state index in [1.807, 2.05) is 37.3 Å². The van der Waals surface area contributed by atoms with Crippen LogP contribution in [0.3, 0.4) is 0 Å². The Hall–Kier alpha value is -2.51. The molecule has 0 saturated carbocycles. The molecule has 4 heteroatoms. The summed E-state index contributed by atoms with van der Waals surface area (Å²) in [5, 5.41) is 21.1. The lowest BCUT2D eigenvalue weighted by Crippen LogP contribution is -1.99. The first-order chi connectivity index (χ1) is 9.63. The number of anilines is 3. The Morgan fingerprint density at radius 3 is 2.55 bits per heavy atom. The van der Waals surface area contributed by atoms with Crippen LogP contribution in [0.15, 0.2) is 36.4 Å². The highest BCUT2D eigenvalue weighted by Crippen LogP contribution is 2.26. The van der Waals surface area contributed by atoms with Gasteiger partial charge in [0.15, 0.2) is 0 Å². The highest BCUT2D eigenvalue weighted by atomic mass is 16.2. The molecular weight excluding hydrogens is 250 g/mol. The van der Waals surface area contributed by atoms with Crippen molar-refractivity contribution < 1.29 is 5.11 Å². The summed E-state index contributed by atoms with van der Waals surface area (Å²) in [6, 6.07) is 13.5. The smallest absolute Gasteiger partial charge is 0.0995 e. The van der Waals surface area contributed by atoms with Gasteiger partial charge in [-0.15, -0.1) is 0 Å². The van der Waals surface area contributed by atoms with E-state index in [2.05, 4.69) is 11.4 Å². The summed E-state index contributed by atoms with van der Waals surface area (Å²) in [4.78, 5) is 0. The molecule has 0 spiro atoms. The van der Waals surface area contributed by atoms with Crippen molar-refractivity contribution in [2.75, 3.05) is 17.7 Å². The van der Waals surface area contributed by atoms with Gasteiger partial charge in [0, 0.05) is 12.3 Å². The standard InChI is InChI=1S/C16H17N3O/c1-11-8-16(15(18)9-13(11)10-17)19-14-4-2-12(3-5-14)6-7-20/h2-5,8-9,19-20H,6-7,18H2,1H3.